The first-order valence-electron chi connectivity index (χ1n) is 11.8. The van der Waals surface area contributed by atoms with Crippen LogP contribution in [0.15, 0.2) is 42.5 Å². The molecule has 0 bridgehead atoms. The van der Waals surface area contributed by atoms with Gasteiger partial charge >= 0.3 is 0 Å². The van der Waals surface area contributed by atoms with Crippen LogP contribution >= 0.6 is 0 Å². The summed E-state index contributed by atoms with van der Waals surface area (Å²) in [5, 5.41) is 0. The van der Waals surface area contributed by atoms with E-state index in [1.165, 1.54) is 0 Å². The van der Waals surface area contributed by atoms with Gasteiger partial charge in [0.1, 0.15) is 5.75 Å². The summed E-state index contributed by atoms with van der Waals surface area (Å²) in [6.07, 6.45) is 4.92. The van der Waals surface area contributed by atoms with Gasteiger partial charge in [-0.1, -0.05) is 44.0 Å². The minimum atomic E-state index is -0.417. The number of para-hydroxylation sites is 1. The Kier molecular flexibility index (Phi) is 8.63. The van der Waals surface area contributed by atoms with Gasteiger partial charge in [-0.3, -0.25) is 4.79 Å². The summed E-state index contributed by atoms with van der Waals surface area (Å²) >= 11 is 0. The Morgan fingerprint density at radius 1 is 0.912 bits per heavy atom. The molecule has 0 saturated heterocycles. The Labute approximate surface area is 202 Å². The van der Waals surface area contributed by atoms with Crippen LogP contribution in [0.3, 0.4) is 0 Å². The highest BCUT2D eigenvalue weighted by Crippen LogP contribution is 2.39. The summed E-state index contributed by atoms with van der Waals surface area (Å²) in [7, 11) is 4.93. The summed E-state index contributed by atoms with van der Waals surface area (Å²) in [4.78, 5) is 12.7. The highest BCUT2D eigenvalue weighted by molar-refractivity contribution is 6.03. The van der Waals surface area contributed by atoms with E-state index in [1.54, 1.807) is 21.3 Å². The third-order valence-corrected chi connectivity index (χ3v) is 6.34. The van der Waals surface area contributed by atoms with E-state index in [4.69, 9.17) is 19.9 Å². The maximum atomic E-state index is 12.7. The number of ether oxygens (including phenoxy) is 3. The average Bonchev–Trinajstić information content (AvgIpc) is 3.13. The van der Waals surface area contributed by atoms with Gasteiger partial charge in [-0.05, 0) is 49.9 Å². The van der Waals surface area contributed by atoms with Crippen molar-refractivity contribution in [2.45, 2.75) is 52.5 Å². The second-order valence-electron chi connectivity index (χ2n) is 8.39. The number of nitrogens with zero attached hydrogens (tertiary/aromatic N) is 1. The standard InChI is InChI=1S/C28H36N2O4/c1-6-7-8-12-22-27(21-11-9-10-13-23(21)32-3)26(28(29)31)19(2)30(22)17-16-20-14-15-24(33-4)25(18-20)34-5/h9-11,13-15,18H,6-8,12,16-17H2,1-5H3,(H2,29,31). The fourth-order valence-electron chi connectivity index (χ4n) is 4.62. The van der Waals surface area contributed by atoms with Crippen molar-refractivity contribution < 1.29 is 19.0 Å². The molecule has 6 heteroatoms. The van der Waals surface area contributed by atoms with Gasteiger partial charge in [-0.25, -0.2) is 0 Å². The molecule has 0 fully saturated rings. The number of methoxy groups -OCH3 is 3. The fraction of sp³-hybridized carbons (Fsp3) is 0.393. The summed E-state index contributed by atoms with van der Waals surface area (Å²) in [6, 6.07) is 13.8. The zero-order valence-electron chi connectivity index (χ0n) is 20.9. The number of unbranched alkanes of at least 4 members (excludes halogenated alkanes) is 2. The van der Waals surface area contributed by atoms with Gasteiger partial charge in [0.15, 0.2) is 11.5 Å². The number of amides is 1. The van der Waals surface area contributed by atoms with Crippen LogP contribution in [-0.2, 0) is 19.4 Å². The van der Waals surface area contributed by atoms with Gasteiger partial charge in [0, 0.05) is 29.1 Å². The molecular formula is C28H36N2O4. The van der Waals surface area contributed by atoms with Gasteiger partial charge in [0.2, 0.25) is 0 Å². The van der Waals surface area contributed by atoms with Gasteiger partial charge in [0.25, 0.3) is 5.91 Å². The minimum Gasteiger partial charge on any atom is -0.496 e. The number of aromatic nitrogens is 1. The Hall–Kier alpha value is -3.41. The van der Waals surface area contributed by atoms with Crippen LogP contribution in [0, 0.1) is 6.92 Å². The summed E-state index contributed by atoms with van der Waals surface area (Å²) in [5.41, 5.74) is 11.5. The first-order valence-corrected chi connectivity index (χ1v) is 11.8. The largest absolute Gasteiger partial charge is 0.496 e. The van der Waals surface area contributed by atoms with Crippen LogP contribution < -0.4 is 19.9 Å². The van der Waals surface area contributed by atoms with Crippen LogP contribution in [0.1, 0.15) is 53.5 Å². The number of hydrogen-bond donors (Lipinski definition) is 1. The molecule has 3 aromatic rings. The first-order chi connectivity index (χ1) is 16.5. The maximum Gasteiger partial charge on any atom is 0.251 e. The predicted molar refractivity (Wildman–Crippen MR) is 136 cm³/mol. The zero-order valence-corrected chi connectivity index (χ0v) is 20.9. The third kappa shape index (κ3) is 5.22. The van der Waals surface area contributed by atoms with E-state index in [9.17, 15) is 4.79 Å². The number of rotatable bonds is 12. The van der Waals surface area contributed by atoms with Crippen LogP contribution in [0.2, 0.25) is 0 Å². The third-order valence-electron chi connectivity index (χ3n) is 6.34. The number of nitrogens with two attached hydrogens (primary N) is 1. The second-order valence-corrected chi connectivity index (χ2v) is 8.39. The molecule has 0 aliphatic carbocycles. The second kappa shape index (κ2) is 11.6. The number of primary amides is 1. The number of hydrogen-bond acceptors (Lipinski definition) is 4. The zero-order chi connectivity index (χ0) is 24.7. The van der Waals surface area contributed by atoms with E-state index in [0.29, 0.717) is 17.1 Å². The van der Waals surface area contributed by atoms with Crippen molar-refractivity contribution in [3.05, 3.63) is 65.0 Å². The molecule has 3 rings (SSSR count). The van der Waals surface area contributed by atoms with E-state index in [0.717, 1.165) is 72.5 Å². The van der Waals surface area contributed by atoms with Crippen molar-refractivity contribution in [2.75, 3.05) is 21.3 Å². The molecule has 2 aromatic carbocycles. The molecule has 0 radical (unpaired) electrons. The number of aryl methyl sites for hydroxylation is 1. The highest BCUT2D eigenvalue weighted by Gasteiger charge is 2.26. The molecule has 0 saturated carbocycles. The van der Waals surface area contributed by atoms with Crippen LogP contribution in [-0.4, -0.2) is 31.8 Å². The molecule has 2 N–H and O–H groups in total. The van der Waals surface area contributed by atoms with Crippen LogP contribution in [0.4, 0.5) is 0 Å². The number of benzene rings is 2. The summed E-state index contributed by atoms with van der Waals surface area (Å²) in [6.45, 7) is 4.90. The fourth-order valence-corrected chi connectivity index (χ4v) is 4.62. The average molecular weight is 465 g/mol. The first kappa shape index (κ1) is 25.2. The summed E-state index contributed by atoms with van der Waals surface area (Å²) in [5.74, 6) is 1.73. The highest BCUT2D eigenvalue weighted by atomic mass is 16.5. The normalized spacial score (nSPS) is 10.9. The Morgan fingerprint density at radius 2 is 1.62 bits per heavy atom. The topological polar surface area (TPSA) is 75.7 Å². The molecule has 0 aliphatic rings. The molecule has 0 spiro atoms. The van der Waals surface area contributed by atoms with Crippen molar-refractivity contribution >= 4 is 5.91 Å². The van der Waals surface area contributed by atoms with E-state index in [2.05, 4.69) is 11.5 Å². The van der Waals surface area contributed by atoms with Crippen LogP contribution in [0.25, 0.3) is 11.1 Å². The molecule has 6 nitrogen and oxygen atoms in total. The van der Waals surface area contributed by atoms with E-state index in [-0.39, 0.29) is 0 Å². The van der Waals surface area contributed by atoms with Crippen LogP contribution in [0.5, 0.6) is 17.2 Å². The smallest absolute Gasteiger partial charge is 0.251 e. The lowest BCUT2D eigenvalue weighted by Crippen LogP contribution is -2.14. The van der Waals surface area contributed by atoms with Crippen molar-refractivity contribution in [3.63, 3.8) is 0 Å². The molecule has 1 aromatic heterocycles. The minimum absolute atomic E-state index is 0.417. The molecule has 1 amide bonds. The van der Waals surface area contributed by atoms with Gasteiger partial charge in [0.05, 0.1) is 26.9 Å². The lowest BCUT2D eigenvalue weighted by atomic mass is 9.96. The number of carbonyl (C=O) groups excluding carboxylic acids is 1. The van der Waals surface area contributed by atoms with Crippen molar-refractivity contribution in [3.8, 4) is 28.4 Å². The number of carbonyl (C=O) groups is 1. The predicted octanol–water partition coefficient (Wildman–Crippen LogP) is 5.56. The monoisotopic (exact) mass is 464 g/mol. The van der Waals surface area contributed by atoms with Crippen molar-refractivity contribution in [1.82, 2.24) is 4.57 Å². The van der Waals surface area contributed by atoms with E-state index in [1.807, 2.05) is 49.4 Å². The maximum absolute atomic E-state index is 12.7. The van der Waals surface area contributed by atoms with Gasteiger partial charge in [-0.15, -0.1) is 0 Å². The lowest BCUT2D eigenvalue weighted by molar-refractivity contribution is 0.1000. The van der Waals surface area contributed by atoms with E-state index >= 15 is 0 Å². The van der Waals surface area contributed by atoms with Gasteiger partial charge in [-0.2, -0.15) is 0 Å². The van der Waals surface area contributed by atoms with Crippen molar-refractivity contribution in [2.24, 2.45) is 5.73 Å². The Bertz CT molecular complexity index is 1130. The Morgan fingerprint density at radius 3 is 2.26 bits per heavy atom. The molecule has 182 valence electrons. The van der Waals surface area contributed by atoms with E-state index < -0.39 is 5.91 Å². The molecule has 1 heterocycles. The Balaban J connectivity index is 2.10. The summed E-state index contributed by atoms with van der Waals surface area (Å²) < 4.78 is 18.8. The van der Waals surface area contributed by atoms with Crippen molar-refractivity contribution in [1.29, 1.82) is 0 Å². The molecule has 0 unspecified atom stereocenters. The SMILES string of the molecule is CCCCCc1c(-c2ccccc2OC)c(C(N)=O)c(C)n1CCc1ccc(OC)c(OC)c1. The van der Waals surface area contributed by atoms with Gasteiger partial charge < -0.3 is 24.5 Å². The lowest BCUT2D eigenvalue weighted by Gasteiger charge is -2.15. The molecule has 0 atom stereocenters. The molecule has 0 aliphatic heterocycles. The molecule has 34 heavy (non-hydrogen) atoms. The quantitative estimate of drug-likeness (QED) is 0.356. The molecular weight excluding hydrogens is 428 g/mol.